The molecular formula is C17H14BrN3O5. The molecule has 8 nitrogen and oxygen atoms in total. The van der Waals surface area contributed by atoms with Crippen molar-refractivity contribution in [2.45, 2.75) is 0 Å². The third-order valence-corrected chi connectivity index (χ3v) is 3.92. The van der Waals surface area contributed by atoms with Crippen LogP contribution in [-0.2, 0) is 4.79 Å². The van der Waals surface area contributed by atoms with E-state index in [1.165, 1.54) is 12.3 Å². The van der Waals surface area contributed by atoms with E-state index in [-0.39, 0.29) is 19.1 Å². The van der Waals surface area contributed by atoms with Crippen LogP contribution in [0, 0.1) is 0 Å². The van der Waals surface area contributed by atoms with Gasteiger partial charge in [-0.05, 0) is 36.4 Å². The quantitative estimate of drug-likeness (QED) is 0.505. The number of benzene rings is 2. The van der Waals surface area contributed by atoms with E-state index in [0.717, 1.165) is 4.47 Å². The minimum atomic E-state index is -0.509. The summed E-state index contributed by atoms with van der Waals surface area (Å²) in [6, 6.07) is 9.58. The van der Waals surface area contributed by atoms with Crippen LogP contribution in [0.5, 0.6) is 17.2 Å². The normalized spacial score (nSPS) is 12.2. The Morgan fingerprint density at radius 1 is 1.19 bits per heavy atom. The van der Waals surface area contributed by atoms with Gasteiger partial charge in [0.1, 0.15) is 5.75 Å². The van der Waals surface area contributed by atoms with Crippen LogP contribution < -0.4 is 20.2 Å². The number of halogens is 1. The number of hydrazone groups is 1. The molecule has 26 heavy (non-hydrogen) atoms. The van der Waals surface area contributed by atoms with Gasteiger partial charge in [-0.2, -0.15) is 5.10 Å². The summed E-state index contributed by atoms with van der Waals surface area (Å²) >= 11 is 3.27. The number of nitrogens with one attached hydrogen (secondary N) is 2. The molecule has 0 atom stereocenters. The third kappa shape index (κ3) is 4.31. The number of hydrogen-bond donors (Lipinski definition) is 3. The van der Waals surface area contributed by atoms with Crippen molar-refractivity contribution in [3.63, 3.8) is 0 Å². The lowest BCUT2D eigenvalue weighted by Gasteiger charge is -2.05. The Balaban J connectivity index is 1.50. The van der Waals surface area contributed by atoms with Crippen LogP contribution in [0.1, 0.15) is 15.9 Å². The molecule has 0 radical (unpaired) electrons. The third-order valence-electron chi connectivity index (χ3n) is 3.43. The van der Waals surface area contributed by atoms with Crippen LogP contribution in [0.2, 0.25) is 0 Å². The topological polar surface area (TPSA) is 109 Å². The van der Waals surface area contributed by atoms with Crippen molar-refractivity contribution >= 4 is 34.0 Å². The van der Waals surface area contributed by atoms with Gasteiger partial charge in [0.2, 0.25) is 6.79 Å². The number of ether oxygens (including phenoxy) is 2. The summed E-state index contributed by atoms with van der Waals surface area (Å²) in [5.41, 5.74) is 3.06. The monoisotopic (exact) mass is 419 g/mol. The van der Waals surface area contributed by atoms with E-state index >= 15 is 0 Å². The maximum absolute atomic E-state index is 12.1. The lowest BCUT2D eigenvalue weighted by Crippen LogP contribution is -2.34. The van der Waals surface area contributed by atoms with Gasteiger partial charge in [0, 0.05) is 15.6 Å². The Kier molecular flexibility index (Phi) is 5.37. The zero-order chi connectivity index (χ0) is 18.5. The Morgan fingerprint density at radius 3 is 2.85 bits per heavy atom. The maximum atomic E-state index is 12.1. The number of carbonyl (C=O) groups excluding carboxylic acids is 2. The van der Waals surface area contributed by atoms with Crippen molar-refractivity contribution in [2.24, 2.45) is 5.10 Å². The average Bonchev–Trinajstić information content (AvgIpc) is 3.10. The average molecular weight is 420 g/mol. The highest BCUT2D eigenvalue weighted by atomic mass is 79.9. The summed E-state index contributed by atoms with van der Waals surface area (Å²) in [6.45, 7) is -0.135. The van der Waals surface area contributed by atoms with Crippen LogP contribution in [0.3, 0.4) is 0 Å². The summed E-state index contributed by atoms with van der Waals surface area (Å²) in [5, 5.41) is 15.9. The Bertz CT molecular complexity index is 885. The van der Waals surface area contributed by atoms with Crippen LogP contribution in [0.4, 0.5) is 0 Å². The van der Waals surface area contributed by atoms with Gasteiger partial charge in [-0.3, -0.25) is 9.59 Å². The minimum absolute atomic E-state index is 0.0299. The molecule has 2 amide bonds. The van der Waals surface area contributed by atoms with Crippen LogP contribution in [-0.4, -0.2) is 36.5 Å². The molecule has 0 bridgehead atoms. The molecule has 0 saturated heterocycles. The first-order valence-electron chi connectivity index (χ1n) is 7.51. The number of hydrogen-bond acceptors (Lipinski definition) is 6. The summed E-state index contributed by atoms with van der Waals surface area (Å²) in [5.74, 6) is 0.157. The molecule has 2 aromatic rings. The van der Waals surface area contributed by atoms with Gasteiger partial charge in [0.05, 0.1) is 12.8 Å². The summed E-state index contributed by atoms with van der Waals surface area (Å²) in [6.07, 6.45) is 1.30. The van der Waals surface area contributed by atoms with E-state index in [4.69, 9.17) is 9.47 Å². The Labute approximate surface area is 156 Å². The number of fused-ring (bicyclic) bond motifs is 1. The van der Waals surface area contributed by atoms with E-state index in [0.29, 0.717) is 22.6 Å². The van der Waals surface area contributed by atoms with Gasteiger partial charge in [0.25, 0.3) is 11.8 Å². The molecule has 0 aliphatic carbocycles. The van der Waals surface area contributed by atoms with Crippen molar-refractivity contribution in [2.75, 3.05) is 13.3 Å². The lowest BCUT2D eigenvalue weighted by molar-refractivity contribution is -0.120. The molecule has 9 heteroatoms. The van der Waals surface area contributed by atoms with Crippen molar-refractivity contribution in [3.8, 4) is 17.2 Å². The van der Waals surface area contributed by atoms with Crippen molar-refractivity contribution in [1.82, 2.24) is 10.7 Å². The molecule has 2 aromatic carbocycles. The number of phenolic OH excluding ortho intramolecular Hbond substituents is 1. The molecule has 3 rings (SSSR count). The largest absolute Gasteiger partial charge is 0.507 e. The summed E-state index contributed by atoms with van der Waals surface area (Å²) < 4.78 is 11.1. The first-order chi connectivity index (χ1) is 12.5. The number of aromatic hydroxyl groups is 1. The Hall–Kier alpha value is -3.07. The molecule has 0 unspecified atom stereocenters. The molecule has 0 spiro atoms. The molecule has 3 N–H and O–H groups in total. The summed E-state index contributed by atoms with van der Waals surface area (Å²) in [4.78, 5) is 23.8. The smallest absolute Gasteiger partial charge is 0.259 e. The van der Waals surface area contributed by atoms with Crippen molar-refractivity contribution < 1.29 is 24.2 Å². The second kappa shape index (κ2) is 7.87. The zero-order valence-electron chi connectivity index (χ0n) is 13.4. The highest BCUT2D eigenvalue weighted by molar-refractivity contribution is 9.10. The predicted octanol–water partition coefficient (Wildman–Crippen LogP) is 1.76. The number of phenols is 1. The molecule has 134 valence electrons. The molecule has 1 aliphatic rings. The first kappa shape index (κ1) is 17.7. The van der Waals surface area contributed by atoms with E-state index in [1.54, 1.807) is 30.3 Å². The number of amides is 2. The van der Waals surface area contributed by atoms with Gasteiger partial charge in [-0.1, -0.05) is 15.9 Å². The van der Waals surface area contributed by atoms with Gasteiger partial charge in [0.15, 0.2) is 11.5 Å². The van der Waals surface area contributed by atoms with Crippen LogP contribution >= 0.6 is 15.9 Å². The van der Waals surface area contributed by atoms with E-state index in [2.05, 4.69) is 31.8 Å². The molecular weight excluding hydrogens is 406 g/mol. The van der Waals surface area contributed by atoms with Crippen molar-refractivity contribution in [3.05, 3.63) is 52.0 Å². The fraction of sp³-hybridized carbons (Fsp3) is 0.118. The molecule has 1 aliphatic heterocycles. The Morgan fingerprint density at radius 2 is 2.00 bits per heavy atom. The molecule has 0 aromatic heterocycles. The maximum Gasteiger partial charge on any atom is 0.259 e. The predicted molar refractivity (Wildman–Crippen MR) is 96.4 cm³/mol. The number of rotatable bonds is 5. The highest BCUT2D eigenvalue weighted by Gasteiger charge is 2.16. The lowest BCUT2D eigenvalue weighted by atomic mass is 10.2. The van der Waals surface area contributed by atoms with Gasteiger partial charge < -0.3 is 19.9 Å². The molecule has 0 saturated carbocycles. The second-order valence-electron chi connectivity index (χ2n) is 5.25. The standard InChI is InChI=1S/C17H14BrN3O5/c18-12-2-3-13(22)11(5-12)7-20-21-16(23)8-19-17(24)10-1-4-14-15(6-10)26-9-25-14/h1-7,22H,8-9H2,(H,19,24)(H,21,23). The summed E-state index contributed by atoms with van der Waals surface area (Å²) in [7, 11) is 0. The minimum Gasteiger partial charge on any atom is -0.507 e. The van der Waals surface area contributed by atoms with Crippen LogP contribution in [0.25, 0.3) is 0 Å². The molecule has 1 heterocycles. The first-order valence-corrected chi connectivity index (χ1v) is 8.30. The fourth-order valence-electron chi connectivity index (χ4n) is 2.14. The SMILES string of the molecule is O=C(CNC(=O)c1ccc2c(c1)OCO2)NN=Cc1cc(Br)ccc1O. The van der Waals surface area contributed by atoms with Gasteiger partial charge in [-0.15, -0.1) is 0 Å². The second-order valence-corrected chi connectivity index (χ2v) is 6.16. The number of nitrogens with zero attached hydrogens (tertiary/aromatic N) is 1. The van der Waals surface area contributed by atoms with E-state index in [1.807, 2.05) is 0 Å². The van der Waals surface area contributed by atoms with Gasteiger partial charge in [-0.25, -0.2) is 5.43 Å². The van der Waals surface area contributed by atoms with Gasteiger partial charge >= 0.3 is 0 Å². The zero-order valence-corrected chi connectivity index (χ0v) is 14.9. The highest BCUT2D eigenvalue weighted by Crippen LogP contribution is 2.32. The molecule has 0 fully saturated rings. The van der Waals surface area contributed by atoms with Crippen molar-refractivity contribution in [1.29, 1.82) is 0 Å². The number of carbonyl (C=O) groups is 2. The fourth-order valence-corrected chi connectivity index (χ4v) is 2.52. The van der Waals surface area contributed by atoms with E-state index < -0.39 is 11.8 Å². The van der Waals surface area contributed by atoms with E-state index in [9.17, 15) is 14.7 Å². The van der Waals surface area contributed by atoms with Crippen LogP contribution in [0.15, 0.2) is 46.0 Å².